The number of amides is 1. The molecule has 5 heteroatoms. The monoisotopic (exact) mass is 285 g/mol. The van der Waals surface area contributed by atoms with Crippen LogP contribution >= 0.6 is 0 Å². The number of carbonyl (C=O) groups is 2. The van der Waals surface area contributed by atoms with Crippen molar-refractivity contribution in [3.63, 3.8) is 0 Å². The number of anilines is 1. The molecule has 21 heavy (non-hydrogen) atoms. The van der Waals surface area contributed by atoms with Crippen LogP contribution in [0.15, 0.2) is 41.0 Å². The molecule has 5 nitrogen and oxygen atoms in total. The molecular formula is C16H15NO4. The van der Waals surface area contributed by atoms with E-state index in [1.54, 1.807) is 6.07 Å². The Labute approximate surface area is 121 Å². The smallest absolute Gasteiger partial charge is 0.374 e. The summed E-state index contributed by atoms with van der Waals surface area (Å²) in [4.78, 5) is 23.3. The van der Waals surface area contributed by atoms with Gasteiger partial charge in [-0.05, 0) is 54.7 Å². The van der Waals surface area contributed by atoms with E-state index in [0.29, 0.717) is 0 Å². The highest BCUT2D eigenvalue weighted by molar-refractivity contribution is 5.94. The van der Waals surface area contributed by atoms with Crippen molar-refractivity contribution in [2.75, 3.05) is 11.9 Å². The Balaban J connectivity index is 1.53. The first-order chi connectivity index (χ1) is 10.2. The average Bonchev–Trinajstić information content (AvgIpc) is 3.15. The van der Waals surface area contributed by atoms with Crippen molar-refractivity contribution >= 4 is 17.6 Å². The Morgan fingerprint density at radius 1 is 1.19 bits per heavy atom. The van der Waals surface area contributed by atoms with Crippen LogP contribution in [-0.2, 0) is 22.4 Å². The number of nitrogens with one attached hydrogen (secondary N) is 1. The maximum Gasteiger partial charge on any atom is 0.374 e. The van der Waals surface area contributed by atoms with Gasteiger partial charge in [0.25, 0.3) is 5.91 Å². The third-order valence-corrected chi connectivity index (χ3v) is 3.44. The molecule has 1 amide bonds. The van der Waals surface area contributed by atoms with Crippen LogP contribution in [0.25, 0.3) is 0 Å². The molecular weight excluding hydrogens is 270 g/mol. The van der Waals surface area contributed by atoms with E-state index in [0.717, 1.165) is 24.9 Å². The Hall–Kier alpha value is -2.56. The third kappa shape index (κ3) is 3.13. The van der Waals surface area contributed by atoms with E-state index in [-0.39, 0.29) is 18.3 Å². The van der Waals surface area contributed by atoms with Crippen LogP contribution in [-0.4, -0.2) is 18.5 Å². The van der Waals surface area contributed by atoms with Gasteiger partial charge in [0.1, 0.15) is 0 Å². The van der Waals surface area contributed by atoms with Gasteiger partial charge in [-0.25, -0.2) is 4.79 Å². The molecule has 108 valence electrons. The van der Waals surface area contributed by atoms with Crippen molar-refractivity contribution in [1.29, 1.82) is 0 Å². The van der Waals surface area contributed by atoms with Crippen LogP contribution in [0.3, 0.4) is 0 Å². The molecule has 1 N–H and O–H groups in total. The van der Waals surface area contributed by atoms with Gasteiger partial charge in [-0.2, -0.15) is 0 Å². The minimum absolute atomic E-state index is 0.0836. The lowest BCUT2D eigenvalue weighted by Crippen LogP contribution is -2.20. The number of benzene rings is 1. The van der Waals surface area contributed by atoms with Crippen LogP contribution in [0.5, 0.6) is 0 Å². The van der Waals surface area contributed by atoms with Gasteiger partial charge in [0.15, 0.2) is 6.61 Å². The van der Waals surface area contributed by atoms with Crippen molar-refractivity contribution in [3.05, 3.63) is 53.5 Å². The third-order valence-electron chi connectivity index (χ3n) is 3.44. The number of furan rings is 1. The highest BCUT2D eigenvalue weighted by atomic mass is 16.5. The summed E-state index contributed by atoms with van der Waals surface area (Å²) in [5, 5.41) is 2.73. The number of ether oxygens (including phenoxy) is 1. The number of esters is 1. The quantitative estimate of drug-likeness (QED) is 0.877. The number of rotatable bonds is 4. The first kappa shape index (κ1) is 13.4. The predicted molar refractivity (Wildman–Crippen MR) is 76.1 cm³/mol. The van der Waals surface area contributed by atoms with Gasteiger partial charge < -0.3 is 14.5 Å². The number of hydrogen-bond acceptors (Lipinski definition) is 4. The largest absolute Gasteiger partial charge is 0.457 e. The first-order valence-corrected chi connectivity index (χ1v) is 6.84. The molecule has 1 aliphatic carbocycles. The summed E-state index contributed by atoms with van der Waals surface area (Å²) in [6.45, 7) is -0.337. The van der Waals surface area contributed by atoms with E-state index in [9.17, 15) is 9.59 Å². The average molecular weight is 285 g/mol. The molecule has 0 unspecified atom stereocenters. The summed E-state index contributed by atoms with van der Waals surface area (Å²) in [6, 6.07) is 8.96. The number of aryl methyl sites for hydroxylation is 2. The van der Waals surface area contributed by atoms with Gasteiger partial charge >= 0.3 is 5.97 Å². The zero-order valence-electron chi connectivity index (χ0n) is 11.4. The molecule has 0 fully saturated rings. The highest BCUT2D eigenvalue weighted by Crippen LogP contribution is 2.24. The van der Waals surface area contributed by atoms with Gasteiger partial charge in [0.2, 0.25) is 5.76 Å². The van der Waals surface area contributed by atoms with Crippen molar-refractivity contribution in [1.82, 2.24) is 0 Å². The Morgan fingerprint density at radius 3 is 2.86 bits per heavy atom. The van der Waals surface area contributed by atoms with Gasteiger partial charge in [-0.1, -0.05) is 6.07 Å². The summed E-state index contributed by atoms with van der Waals surface area (Å²) in [7, 11) is 0. The molecule has 3 rings (SSSR count). The molecule has 2 aromatic rings. The lowest BCUT2D eigenvalue weighted by Gasteiger charge is -2.07. The second-order valence-corrected chi connectivity index (χ2v) is 4.94. The standard InChI is InChI=1S/C16H15NO4/c18-15(10-21-16(19)14-5-2-8-20-14)17-13-7-6-11-3-1-4-12(11)9-13/h2,5-9H,1,3-4,10H2,(H,17,18). The van der Waals surface area contributed by atoms with E-state index < -0.39 is 5.97 Å². The van der Waals surface area contributed by atoms with Crippen LogP contribution in [0, 0.1) is 0 Å². The highest BCUT2D eigenvalue weighted by Gasteiger charge is 2.14. The summed E-state index contributed by atoms with van der Waals surface area (Å²) in [6.07, 6.45) is 4.69. The molecule has 0 aliphatic heterocycles. The van der Waals surface area contributed by atoms with Gasteiger partial charge in [0.05, 0.1) is 6.26 Å². The molecule has 0 saturated carbocycles. The fourth-order valence-electron chi connectivity index (χ4n) is 2.44. The molecule has 0 atom stereocenters. The van der Waals surface area contributed by atoms with Gasteiger partial charge in [-0.15, -0.1) is 0 Å². The van der Waals surface area contributed by atoms with Gasteiger partial charge in [0, 0.05) is 5.69 Å². The minimum Gasteiger partial charge on any atom is -0.457 e. The van der Waals surface area contributed by atoms with Crippen molar-refractivity contribution < 1.29 is 18.7 Å². The molecule has 0 spiro atoms. The maximum atomic E-state index is 11.8. The second kappa shape index (κ2) is 5.83. The van der Waals surface area contributed by atoms with E-state index in [2.05, 4.69) is 5.32 Å². The molecule has 1 aliphatic rings. The lowest BCUT2D eigenvalue weighted by molar-refractivity contribution is -0.119. The van der Waals surface area contributed by atoms with Crippen LogP contribution in [0.2, 0.25) is 0 Å². The second-order valence-electron chi connectivity index (χ2n) is 4.94. The number of carbonyl (C=O) groups excluding carboxylic acids is 2. The molecule has 1 aromatic carbocycles. The topological polar surface area (TPSA) is 68.5 Å². The lowest BCUT2D eigenvalue weighted by atomic mass is 10.1. The Morgan fingerprint density at radius 2 is 2.05 bits per heavy atom. The Kier molecular flexibility index (Phi) is 3.73. The number of hydrogen-bond donors (Lipinski definition) is 1. The number of fused-ring (bicyclic) bond motifs is 1. The van der Waals surface area contributed by atoms with E-state index in [1.807, 2.05) is 18.2 Å². The van der Waals surface area contributed by atoms with Crippen LogP contribution in [0.1, 0.15) is 28.1 Å². The normalized spacial score (nSPS) is 12.8. The predicted octanol–water partition coefficient (Wildman–Crippen LogP) is 2.56. The summed E-state index contributed by atoms with van der Waals surface area (Å²) in [5.74, 6) is -0.933. The van der Waals surface area contributed by atoms with E-state index in [1.165, 1.54) is 23.5 Å². The fraction of sp³-hybridized carbons (Fsp3) is 0.250. The molecule has 0 saturated heterocycles. The van der Waals surface area contributed by atoms with Crippen molar-refractivity contribution in [3.8, 4) is 0 Å². The van der Waals surface area contributed by atoms with Crippen LogP contribution in [0.4, 0.5) is 5.69 Å². The van der Waals surface area contributed by atoms with E-state index in [4.69, 9.17) is 9.15 Å². The molecule has 0 bridgehead atoms. The Bertz CT molecular complexity index is 661. The van der Waals surface area contributed by atoms with Crippen molar-refractivity contribution in [2.45, 2.75) is 19.3 Å². The summed E-state index contributed by atoms with van der Waals surface area (Å²) < 4.78 is 9.76. The van der Waals surface area contributed by atoms with Gasteiger partial charge in [-0.3, -0.25) is 4.79 Å². The fourth-order valence-corrected chi connectivity index (χ4v) is 2.44. The molecule has 1 heterocycles. The maximum absolute atomic E-state index is 11.8. The van der Waals surface area contributed by atoms with E-state index >= 15 is 0 Å². The summed E-state index contributed by atoms with van der Waals surface area (Å²) in [5.41, 5.74) is 3.35. The first-order valence-electron chi connectivity index (χ1n) is 6.84. The minimum atomic E-state index is -0.649. The van der Waals surface area contributed by atoms with Crippen molar-refractivity contribution in [2.24, 2.45) is 0 Å². The zero-order valence-corrected chi connectivity index (χ0v) is 11.4. The summed E-state index contributed by atoms with van der Waals surface area (Å²) >= 11 is 0. The van der Waals surface area contributed by atoms with Crippen LogP contribution < -0.4 is 5.32 Å². The molecule has 0 radical (unpaired) electrons. The SMILES string of the molecule is O=C(COC(=O)c1ccco1)Nc1ccc2c(c1)CCC2. The molecule has 1 aromatic heterocycles. The zero-order chi connectivity index (χ0) is 14.7.